The van der Waals surface area contributed by atoms with Gasteiger partial charge in [-0.3, -0.25) is 0 Å². The van der Waals surface area contributed by atoms with Crippen LogP contribution in [-0.4, -0.2) is 14.5 Å². The van der Waals surface area contributed by atoms with Gasteiger partial charge in [0.15, 0.2) is 0 Å². The summed E-state index contributed by atoms with van der Waals surface area (Å²) in [7, 11) is -4.43. The molecule has 0 aliphatic heterocycles. The van der Waals surface area contributed by atoms with Crippen molar-refractivity contribution < 1.29 is 21.6 Å². The lowest BCUT2D eigenvalue weighted by molar-refractivity contribution is -0.139. The summed E-state index contributed by atoms with van der Waals surface area (Å²) >= 11 is 0. The topological polar surface area (TPSA) is 72.2 Å². The van der Waals surface area contributed by atoms with Crippen LogP contribution in [0.2, 0.25) is 0 Å². The molecule has 2 rings (SSSR count). The van der Waals surface area contributed by atoms with Crippen LogP contribution in [0.15, 0.2) is 23.1 Å². The average molecular weight is 350 g/mol. The molecule has 8 heteroatoms. The lowest BCUT2D eigenvalue weighted by Gasteiger charge is -2.34. The van der Waals surface area contributed by atoms with Crippen molar-refractivity contribution in [3.8, 4) is 0 Å². The summed E-state index contributed by atoms with van der Waals surface area (Å²) in [4.78, 5) is -0.902. The van der Waals surface area contributed by atoms with Crippen LogP contribution in [0, 0.1) is 11.8 Å². The molecule has 0 radical (unpaired) electrons. The van der Waals surface area contributed by atoms with Gasteiger partial charge in [-0.15, -0.1) is 0 Å². The molecule has 0 amide bonds. The maximum Gasteiger partial charge on any atom is 0.417 e. The molecule has 3 atom stereocenters. The van der Waals surface area contributed by atoms with Crippen LogP contribution in [0.25, 0.3) is 0 Å². The molecule has 0 spiro atoms. The lowest BCUT2D eigenvalue weighted by atomic mass is 9.80. The van der Waals surface area contributed by atoms with Crippen LogP contribution in [0.3, 0.4) is 0 Å². The summed E-state index contributed by atoms with van der Waals surface area (Å²) < 4.78 is 62.0. The maximum absolute atomic E-state index is 13.1. The van der Waals surface area contributed by atoms with Gasteiger partial charge in [-0.1, -0.05) is 13.8 Å². The predicted octanol–water partition coefficient (Wildman–Crippen LogP) is 3.59. The van der Waals surface area contributed by atoms with Gasteiger partial charge in [0.05, 0.1) is 10.5 Å². The summed E-state index contributed by atoms with van der Waals surface area (Å²) in [5.41, 5.74) is -0.974. The number of hydrogen-bond acceptors (Lipinski definition) is 3. The van der Waals surface area contributed by atoms with E-state index in [1.54, 1.807) is 0 Å². The molecule has 4 nitrogen and oxygen atoms in total. The molecule has 1 fully saturated rings. The van der Waals surface area contributed by atoms with Gasteiger partial charge in [-0.05, 0) is 49.3 Å². The Kier molecular flexibility index (Phi) is 4.96. The molecule has 0 saturated heterocycles. The summed E-state index contributed by atoms with van der Waals surface area (Å²) in [6.07, 6.45) is -1.88. The van der Waals surface area contributed by atoms with Gasteiger partial charge in [-0.25, -0.2) is 13.6 Å². The van der Waals surface area contributed by atoms with Crippen LogP contribution in [0.1, 0.15) is 38.7 Å². The summed E-state index contributed by atoms with van der Waals surface area (Å²) in [5, 5.41) is 7.98. The fraction of sp³-hybridized carbons (Fsp3) is 0.600. The zero-order chi connectivity index (χ0) is 17.4. The molecule has 1 aromatic carbocycles. The van der Waals surface area contributed by atoms with E-state index < -0.39 is 26.7 Å². The monoisotopic (exact) mass is 350 g/mol. The van der Waals surface area contributed by atoms with Gasteiger partial charge in [0.25, 0.3) is 0 Å². The number of rotatable bonds is 3. The highest BCUT2D eigenvalue weighted by Crippen LogP contribution is 2.37. The highest BCUT2D eigenvalue weighted by Gasteiger charge is 2.37. The van der Waals surface area contributed by atoms with E-state index in [2.05, 4.69) is 19.2 Å². The van der Waals surface area contributed by atoms with Gasteiger partial charge < -0.3 is 5.32 Å². The van der Waals surface area contributed by atoms with Crippen molar-refractivity contribution in [2.24, 2.45) is 17.0 Å². The highest BCUT2D eigenvalue weighted by molar-refractivity contribution is 7.89. The molecule has 1 aliphatic carbocycles. The molecule has 0 aromatic heterocycles. The van der Waals surface area contributed by atoms with Gasteiger partial charge in [-0.2, -0.15) is 13.2 Å². The number of nitrogens with one attached hydrogen (secondary N) is 1. The Morgan fingerprint density at radius 1 is 1.22 bits per heavy atom. The molecule has 130 valence electrons. The first kappa shape index (κ1) is 18.1. The zero-order valence-corrected chi connectivity index (χ0v) is 13.8. The van der Waals surface area contributed by atoms with Gasteiger partial charge >= 0.3 is 6.18 Å². The lowest BCUT2D eigenvalue weighted by Crippen LogP contribution is -2.33. The van der Waals surface area contributed by atoms with Crippen LogP contribution < -0.4 is 10.5 Å². The fourth-order valence-electron chi connectivity index (χ4n) is 3.18. The second-order valence-electron chi connectivity index (χ2n) is 6.40. The van der Waals surface area contributed by atoms with E-state index in [1.165, 1.54) is 6.07 Å². The molecule has 0 heterocycles. The van der Waals surface area contributed by atoms with Crippen LogP contribution in [-0.2, 0) is 16.2 Å². The van der Waals surface area contributed by atoms with Gasteiger partial charge in [0.1, 0.15) is 0 Å². The minimum absolute atomic E-state index is 0.0765. The smallest absolute Gasteiger partial charge is 0.382 e. The van der Waals surface area contributed by atoms with Crippen molar-refractivity contribution in [3.05, 3.63) is 23.8 Å². The zero-order valence-electron chi connectivity index (χ0n) is 13.0. The minimum Gasteiger partial charge on any atom is -0.382 e. The molecule has 1 saturated carbocycles. The Morgan fingerprint density at radius 2 is 1.87 bits per heavy atom. The van der Waals surface area contributed by atoms with Crippen LogP contribution >= 0.6 is 0 Å². The molecular formula is C15H21F3N2O2S. The second-order valence-corrected chi connectivity index (χ2v) is 7.93. The third kappa shape index (κ3) is 4.38. The number of alkyl halides is 3. The van der Waals surface area contributed by atoms with E-state index in [4.69, 9.17) is 5.14 Å². The van der Waals surface area contributed by atoms with Crippen molar-refractivity contribution in [1.29, 1.82) is 0 Å². The van der Waals surface area contributed by atoms with E-state index in [-0.39, 0.29) is 11.7 Å². The number of sulfonamides is 1. The first-order valence-corrected chi connectivity index (χ1v) is 9.03. The predicted molar refractivity (Wildman–Crippen MR) is 82.4 cm³/mol. The first-order chi connectivity index (χ1) is 10.5. The molecular weight excluding hydrogens is 329 g/mol. The molecule has 0 bridgehead atoms. The standard InChI is InChI=1S/C15H21F3N2O2S/c1-9-3-5-13(10(2)7-9)20-11-4-6-14(23(19,21)22)12(8-11)15(16,17)18/h4,6,8-10,13,20H,3,5,7H2,1-2H3,(H2,19,21,22). The second kappa shape index (κ2) is 6.32. The van der Waals surface area contributed by atoms with Gasteiger partial charge in [0.2, 0.25) is 10.0 Å². The van der Waals surface area contributed by atoms with Crippen molar-refractivity contribution in [2.45, 2.75) is 50.2 Å². The molecule has 23 heavy (non-hydrogen) atoms. The number of anilines is 1. The van der Waals surface area contributed by atoms with E-state index >= 15 is 0 Å². The van der Waals surface area contributed by atoms with Gasteiger partial charge in [0, 0.05) is 11.7 Å². The third-order valence-corrected chi connectivity index (χ3v) is 5.34. The SMILES string of the molecule is CC1CCC(Nc2ccc(S(N)(=O)=O)c(C(F)(F)F)c2)C(C)C1. The maximum atomic E-state index is 13.1. The Morgan fingerprint density at radius 3 is 2.39 bits per heavy atom. The summed E-state index contributed by atoms with van der Waals surface area (Å²) in [6, 6.07) is 3.15. The normalized spacial score (nSPS) is 26.1. The van der Waals surface area contributed by atoms with E-state index in [9.17, 15) is 21.6 Å². The molecule has 1 aliphatic rings. The van der Waals surface area contributed by atoms with Crippen LogP contribution in [0.4, 0.5) is 18.9 Å². The van der Waals surface area contributed by atoms with Crippen molar-refractivity contribution in [1.82, 2.24) is 0 Å². The largest absolute Gasteiger partial charge is 0.417 e. The third-order valence-electron chi connectivity index (χ3n) is 4.38. The number of primary sulfonamides is 1. The fourth-order valence-corrected chi connectivity index (χ4v) is 3.92. The van der Waals surface area contributed by atoms with Crippen molar-refractivity contribution in [3.63, 3.8) is 0 Å². The first-order valence-electron chi connectivity index (χ1n) is 7.49. The van der Waals surface area contributed by atoms with E-state index in [1.807, 2.05) is 0 Å². The van der Waals surface area contributed by atoms with E-state index in [0.717, 1.165) is 31.4 Å². The number of hydrogen-bond donors (Lipinski definition) is 2. The Labute approximate surface area is 134 Å². The Balaban J connectivity index is 2.31. The quantitative estimate of drug-likeness (QED) is 0.875. The van der Waals surface area contributed by atoms with Crippen molar-refractivity contribution >= 4 is 15.7 Å². The number of benzene rings is 1. The molecule has 3 unspecified atom stereocenters. The molecule has 1 aromatic rings. The number of nitrogens with two attached hydrogens (primary N) is 1. The molecule has 3 N–H and O–H groups in total. The Bertz CT molecular complexity index is 674. The number of halogens is 3. The highest BCUT2D eigenvalue weighted by atomic mass is 32.2. The summed E-state index contributed by atoms with van der Waals surface area (Å²) in [5.74, 6) is 0.949. The van der Waals surface area contributed by atoms with E-state index in [0.29, 0.717) is 11.8 Å². The minimum atomic E-state index is -4.79. The van der Waals surface area contributed by atoms with Crippen molar-refractivity contribution in [2.75, 3.05) is 5.32 Å². The van der Waals surface area contributed by atoms with Crippen LogP contribution in [0.5, 0.6) is 0 Å². The Hall–Kier alpha value is -1.28. The average Bonchev–Trinajstić information content (AvgIpc) is 2.40. The summed E-state index contributed by atoms with van der Waals surface area (Å²) in [6.45, 7) is 4.23.